The maximum atomic E-state index is 11.4. The van der Waals surface area contributed by atoms with Gasteiger partial charge in [0.05, 0.1) is 13.2 Å². The summed E-state index contributed by atoms with van der Waals surface area (Å²) < 4.78 is 15.2. The van der Waals surface area contributed by atoms with E-state index in [1.54, 1.807) is 6.08 Å². The second kappa shape index (κ2) is 11.2. The van der Waals surface area contributed by atoms with Crippen molar-refractivity contribution in [3.63, 3.8) is 0 Å². The summed E-state index contributed by atoms with van der Waals surface area (Å²) in [5.74, 6) is 0.581. The number of allylic oxidation sites excluding steroid dienone is 1. The van der Waals surface area contributed by atoms with Crippen molar-refractivity contribution >= 4 is 11.9 Å². The topological polar surface area (TPSA) is 61.8 Å². The molecule has 0 radical (unpaired) electrons. The molecule has 0 aliphatic carbocycles. The van der Waals surface area contributed by atoms with E-state index in [1.165, 1.54) is 18.1 Å². The quantitative estimate of drug-likeness (QED) is 0.188. The van der Waals surface area contributed by atoms with E-state index < -0.39 is 12.3 Å². The van der Waals surface area contributed by atoms with E-state index in [4.69, 9.17) is 14.2 Å². The Bertz CT molecular complexity index is 354. The predicted octanol–water partition coefficient (Wildman–Crippen LogP) is 1.94. The Labute approximate surface area is 112 Å². The third-order valence-corrected chi connectivity index (χ3v) is 1.82. The second-order valence-corrected chi connectivity index (χ2v) is 3.34. The summed E-state index contributed by atoms with van der Waals surface area (Å²) in [5.41, 5.74) is 0. The molecule has 0 aromatic rings. The molecule has 104 valence electrons. The molecule has 0 aliphatic rings. The zero-order valence-electron chi connectivity index (χ0n) is 10.8. The maximum Gasteiger partial charge on any atom is 0.312 e. The van der Waals surface area contributed by atoms with Crippen LogP contribution in [0.1, 0.15) is 12.8 Å². The van der Waals surface area contributed by atoms with E-state index in [0.717, 1.165) is 0 Å². The van der Waals surface area contributed by atoms with Crippen LogP contribution in [0.15, 0.2) is 43.7 Å². The number of carbonyl (C=O) groups is 1. The molecule has 0 unspecified atom stereocenters. The van der Waals surface area contributed by atoms with E-state index in [2.05, 4.69) is 19.7 Å². The molecule has 0 rings (SSSR count). The smallest absolute Gasteiger partial charge is 0.312 e. The molecule has 0 saturated heterocycles. The number of carbonyl (C=O) groups excluding carboxylic acids is 2. The van der Waals surface area contributed by atoms with Crippen LogP contribution in [0.5, 0.6) is 0 Å². The molecule has 0 aliphatic heterocycles. The maximum absolute atomic E-state index is 11.4. The lowest BCUT2D eigenvalue weighted by Crippen LogP contribution is -2.24. The minimum Gasteiger partial charge on any atom is -0.413 e. The van der Waals surface area contributed by atoms with Gasteiger partial charge >= 0.3 is 5.97 Å². The van der Waals surface area contributed by atoms with E-state index in [1.807, 2.05) is 0 Å². The highest BCUT2D eigenvalue weighted by molar-refractivity contribution is 5.72. The van der Waals surface area contributed by atoms with E-state index >= 15 is 0 Å². The van der Waals surface area contributed by atoms with Crippen LogP contribution < -0.4 is 0 Å². The SMILES string of the molecule is C=CCCC(=O)OC(=C=O)C(OCC=C)OCC=C. The van der Waals surface area contributed by atoms with Crippen molar-refractivity contribution in [1.29, 1.82) is 0 Å². The second-order valence-electron chi connectivity index (χ2n) is 3.34. The van der Waals surface area contributed by atoms with Gasteiger partial charge in [-0.2, -0.15) is 0 Å². The lowest BCUT2D eigenvalue weighted by molar-refractivity contribution is -0.155. The van der Waals surface area contributed by atoms with Crippen molar-refractivity contribution in [2.45, 2.75) is 19.1 Å². The molecule has 0 bridgehead atoms. The summed E-state index contributed by atoms with van der Waals surface area (Å²) in [4.78, 5) is 22.2. The highest BCUT2D eigenvalue weighted by atomic mass is 16.7. The van der Waals surface area contributed by atoms with E-state index in [-0.39, 0.29) is 25.4 Å². The highest BCUT2D eigenvalue weighted by Crippen LogP contribution is 2.10. The Balaban J connectivity index is 4.58. The van der Waals surface area contributed by atoms with Crippen molar-refractivity contribution in [2.24, 2.45) is 0 Å². The average Bonchev–Trinajstić information content (AvgIpc) is 2.43. The van der Waals surface area contributed by atoms with E-state index in [0.29, 0.717) is 6.42 Å². The van der Waals surface area contributed by atoms with Crippen molar-refractivity contribution in [1.82, 2.24) is 0 Å². The van der Waals surface area contributed by atoms with Crippen LogP contribution in [0, 0.1) is 0 Å². The Morgan fingerprint density at radius 3 is 2.11 bits per heavy atom. The third kappa shape index (κ3) is 7.89. The standard InChI is InChI=1S/C14H18O5/c1-4-7-8-13(16)19-12(11-15)14(17-9-5-2)18-10-6-3/h4-6,14H,1-3,7-10H2. The van der Waals surface area contributed by atoms with Crippen molar-refractivity contribution < 1.29 is 23.8 Å². The summed E-state index contributed by atoms with van der Waals surface area (Å²) in [6, 6.07) is 0. The molecule has 0 amide bonds. The molecular weight excluding hydrogens is 248 g/mol. The molecule has 19 heavy (non-hydrogen) atoms. The monoisotopic (exact) mass is 266 g/mol. The Hall–Kier alpha value is -1.94. The molecule has 0 fully saturated rings. The molecule has 5 nitrogen and oxygen atoms in total. The van der Waals surface area contributed by atoms with Gasteiger partial charge in [-0.25, -0.2) is 4.79 Å². The Morgan fingerprint density at radius 1 is 1.11 bits per heavy atom. The summed E-state index contributed by atoms with van der Waals surface area (Å²) in [7, 11) is 0. The number of hydrogen-bond acceptors (Lipinski definition) is 5. The first-order chi connectivity index (χ1) is 9.19. The largest absolute Gasteiger partial charge is 0.413 e. The fraction of sp³-hybridized carbons (Fsp3) is 0.357. The molecular formula is C14H18O5. The van der Waals surface area contributed by atoms with Gasteiger partial charge < -0.3 is 14.2 Å². The van der Waals surface area contributed by atoms with Crippen LogP contribution in [0.25, 0.3) is 0 Å². The minimum absolute atomic E-state index is 0.115. The molecule has 0 aromatic carbocycles. The van der Waals surface area contributed by atoms with Gasteiger partial charge in [-0.15, -0.1) is 19.7 Å². The van der Waals surface area contributed by atoms with Crippen molar-refractivity contribution in [3.05, 3.63) is 43.7 Å². The van der Waals surface area contributed by atoms with Crippen LogP contribution in [0.3, 0.4) is 0 Å². The Morgan fingerprint density at radius 2 is 1.68 bits per heavy atom. The van der Waals surface area contributed by atoms with Crippen LogP contribution in [-0.2, 0) is 23.8 Å². The normalized spacial score (nSPS) is 9.53. The third-order valence-electron chi connectivity index (χ3n) is 1.82. The minimum atomic E-state index is -1.11. The van der Waals surface area contributed by atoms with Gasteiger partial charge in [0.25, 0.3) is 0 Å². The van der Waals surface area contributed by atoms with Crippen LogP contribution in [0.2, 0.25) is 0 Å². The first kappa shape index (κ1) is 17.1. The van der Waals surface area contributed by atoms with Gasteiger partial charge in [0.1, 0.15) is 0 Å². The van der Waals surface area contributed by atoms with Gasteiger partial charge in [0.2, 0.25) is 12.0 Å². The fourth-order valence-corrected chi connectivity index (χ4v) is 1.02. The Kier molecular flexibility index (Phi) is 10.0. The lowest BCUT2D eigenvalue weighted by atomic mass is 10.3. The summed E-state index contributed by atoms with van der Waals surface area (Å²) in [6.07, 6.45) is 3.99. The molecule has 0 spiro atoms. The van der Waals surface area contributed by atoms with Gasteiger partial charge in [-0.3, -0.25) is 4.79 Å². The fourth-order valence-electron chi connectivity index (χ4n) is 1.02. The van der Waals surface area contributed by atoms with Crippen molar-refractivity contribution in [2.75, 3.05) is 13.2 Å². The first-order valence-electron chi connectivity index (χ1n) is 5.71. The molecule has 0 atom stereocenters. The van der Waals surface area contributed by atoms with Gasteiger partial charge in [-0.1, -0.05) is 18.2 Å². The summed E-state index contributed by atoms with van der Waals surface area (Å²) in [5, 5.41) is 0. The summed E-state index contributed by atoms with van der Waals surface area (Å²) >= 11 is 0. The molecule has 0 N–H and O–H groups in total. The highest BCUT2D eigenvalue weighted by Gasteiger charge is 2.21. The molecule has 0 heterocycles. The molecule has 0 aromatic heterocycles. The number of ether oxygens (including phenoxy) is 3. The van der Waals surface area contributed by atoms with Crippen LogP contribution in [0.4, 0.5) is 0 Å². The number of hydrogen-bond donors (Lipinski definition) is 0. The van der Waals surface area contributed by atoms with E-state index in [9.17, 15) is 9.59 Å². The lowest BCUT2D eigenvalue weighted by Gasteiger charge is -2.17. The number of esters is 1. The zero-order valence-corrected chi connectivity index (χ0v) is 10.8. The van der Waals surface area contributed by atoms with Gasteiger partial charge in [0.15, 0.2) is 5.94 Å². The summed E-state index contributed by atoms with van der Waals surface area (Å²) in [6.45, 7) is 10.7. The van der Waals surface area contributed by atoms with Gasteiger partial charge in [-0.05, 0) is 6.42 Å². The van der Waals surface area contributed by atoms with Crippen molar-refractivity contribution in [3.8, 4) is 0 Å². The van der Waals surface area contributed by atoms with Crippen LogP contribution >= 0.6 is 0 Å². The average molecular weight is 266 g/mol. The first-order valence-corrected chi connectivity index (χ1v) is 5.71. The number of rotatable bonds is 11. The molecule has 5 heteroatoms. The molecule has 0 saturated carbocycles. The van der Waals surface area contributed by atoms with Gasteiger partial charge in [0, 0.05) is 6.42 Å². The zero-order chi connectivity index (χ0) is 14.5. The van der Waals surface area contributed by atoms with Crippen LogP contribution in [-0.4, -0.2) is 31.4 Å². The predicted molar refractivity (Wildman–Crippen MR) is 70.8 cm³/mol.